The van der Waals surface area contributed by atoms with Crippen molar-refractivity contribution >= 4 is 56.4 Å². The first-order valence-corrected chi connectivity index (χ1v) is 27.7. The maximum Gasteiger partial charge on any atom is 0.339 e. The van der Waals surface area contributed by atoms with E-state index in [-0.39, 0.29) is 96.7 Å². The molecule has 0 bridgehead atoms. The lowest BCUT2D eigenvalue weighted by atomic mass is 9.76. The van der Waals surface area contributed by atoms with Crippen LogP contribution in [-0.2, 0) is 42.0 Å². The van der Waals surface area contributed by atoms with Crippen molar-refractivity contribution in [2.75, 3.05) is 23.6 Å². The monoisotopic (exact) mass is 1080 g/mol. The minimum Gasteiger partial charge on any atom is -0.484 e. The molecule has 7 rings (SSSR count). The molecule has 1 aliphatic heterocycles. The van der Waals surface area contributed by atoms with E-state index in [1.165, 1.54) is 48.4 Å². The number of sulfonamides is 1. The molecule has 76 heavy (non-hydrogen) atoms. The van der Waals surface area contributed by atoms with Gasteiger partial charge in [-0.1, -0.05) is 63.2 Å². The van der Waals surface area contributed by atoms with Crippen LogP contribution in [0.15, 0.2) is 90.6 Å². The number of hydrogen-bond acceptors (Lipinski definition) is 14. The fourth-order valence-corrected chi connectivity index (χ4v) is 10.5. The number of aromatic amines is 1. The Morgan fingerprint density at radius 2 is 1.70 bits per heavy atom. The van der Waals surface area contributed by atoms with Gasteiger partial charge in [0.2, 0.25) is 15.9 Å². The molecule has 6 aromatic rings. The SMILES string of the molecule is CCS(=O)(=O)Nc1ccc(-c2n[nH]c(Cc3ccc(C(=O)OCCCCC(=O)C[C@H](C(=O)N4C[C@H](O)C[C@H]4C(=O)CCc4ccc(-c5scnc5C)cc4)C(C)(C)C)cn3)c2C(N)=O)cc1O[C@@H](C)c1ccc(F)cc1. The standard InChI is InChI=1S/C56H64FN7O10S2/c1-7-76(71,72)63-45-23-19-38(26-49(45)74-34(3)36-16-20-40(57)21-17-36)51-50(53(58)68)46(61-62-51)27-41-22-18-39(30-59-41)55(70)73-25-9-8-10-42(65)28-44(56(4,5)6)54(69)64-31-43(66)29-47(64)48(67)24-13-35-11-14-37(15-12-35)52-33(2)60-32-75-52/h11-12,14-23,26,30,32,34,43-44,47,63,66H,7-10,13,24-25,27-29,31H2,1-6H3,(H2,58,68)(H,61,62)/t34-,43+,44+,47-/m0/s1. The number of ether oxygens (including phenoxy) is 2. The van der Waals surface area contributed by atoms with Gasteiger partial charge >= 0.3 is 5.97 Å². The predicted molar refractivity (Wildman–Crippen MR) is 287 cm³/mol. The molecule has 20 heteroatoms. The minimum absolute atomic E-state index is 0.0246. The average Bonchev–Trinajstić information content (AvgIpc) is 4.13. The van der Waals surface area contributed by atoms with Gasteiger partial charge in [0.1, 0.15) is 29.1 Å². The van der Waals surface area contributed by atoms with E-state index in [0.29, 0.717) is 41.8 Å². The van der Waals surface area contributed by atoms with Crippen LogP contribution in [-0.4, -0.2) is 99.0 Å². The van der Waals surface area contributed by atoms with Crippen molar-refractivity contribution in [3.8, 4) is 27.4 Å². The quantitative estimate of drug-likeness (QED) is 0.0327. The smallest absolute Gasteiger partial charge is 0.339 e. The second-order valence-electron chi connectivity index (χ2n) is 20.1. The molecule has 0 unspecified atom stereocenters. The number of pyridine rings is 1. The molecule has 2 amide bonds. The van der Waals surface area contributed by atoms with Gasteiger partial charge in [-0.05, 0) is 98.5 Å². The number of nitrogens with two attached hydrogens (primary N) is 1. The van der Waals surface area contributed by atoms with Gasteiger partial charge in [-0.15, -0.1) is 11.3 Å². The Kier molecular flexibility index (Phi) is 18.4. The van der Waals surface area contributed by atoms with E-state index in [2.05, 4.69) is 24.9 Å². The van der Waals surface area contributed by atoms with Gasteiger partial charge in [0.15, 0.2) is 5.78 Å². The number of Topliss-reactive ketones (excluding diaryl/α,β-unsaturated/α-hetero) is 2. The van der Waals surface area contributed by atoms with Crippen molar-refractivity contribution in [2.24, 2.45) is 17.1 Å². The number of aliphatic hydroxyl groups is 1. The van der Waals surface area contributed by atoms with Gasteiger partial charge in [-0.25, -0.2) is 22.6 Å². The zero-order chi connectivity index (χ0) is 54.9. The summed E-state index contributed by atoms with van der Waals surface area (Å²) in [5, 5.41) is 17.9. The molecule has 1 aliphatic rings. The van der Waals surface area contributed by atoms with E-state index >= 15 is 0 Å². The van der Waals surface area contributed by atoms with Crippen molar-refractivity contribution in [1.29, 1.82) is 0 Å². The first-order chi connectivity index (χ1) is 36.1. The first-order valence-electron chi connectivity index (χ1n) is 25.2. The summed E-state index contributed by atoms with van der Waals surface area (Å²) in [5.74, 6) is -3.22. The molecule has 0 saturated carbocycles. The Labute approximate surface area is 445 Å². The number of β-amino-alcohol motifs (C(OH)–C–C–N with tert-alkyl or cyclic N) is 1. The lowest BCUT2D eigenvalue weighted by Crippen LogP contribution is -2.47. The molecule has 402 valence electrons. The highest BCUT2D eigenvalue weighted by molar-refractivity contribution is 7.92. The number of hydrogen-bond donors (Lipinski definition) is 4. The van der Waals surface area contributed by atoms with Crippen LogP contribution in [0.3, 0.4) is 0 Å². The van der Waals surface area contributed by atoms with Crippen molar-refractivity contribution in [1.82, 2.24) is 25.1 Å². The Morgan fingerprint density at radius 1 is 0.974 bits per heavy atom. The molecule has 4 atom stereocenters. The fraction of sp³-hybridized carbons (Fsp3) is 0.393. The van der Waals surface area contributed by atoms with Crippen LogP contribution in [0.2, 0.25) is 0 Å². The van der Waals surface area contributed by atoms with E-state index in [9.17, 15) is 41.9 Å². The summed E-state index contributed by atoms with van der Waals surface area (Å²) in [7, 11) is -3.72. The number of nitrogens with one attached hydrogen (secondary N) is 2. The highest BCUT2D eigenvalue weighted by Crippen LogP contribution is 2.37. The van der Waals surface area contributed by atoms with E-state index < -0.39 is 57.3 Å². The van der Waals surface area contributed by atoms with Gasteiger partial charge < -0.3 is 25.2 Å². The van der Waals surface area contributed by atoms with Gasteiger partial charge in [0.25, 0.3) is 5.91 Å². The third kappa shape index (κ3) is 14.4. The van der Waals surface area contributed by atoms with Gasteiger partial charge in [-0.3, -0.25) is 34.0 Å². The molecular formula is C56H64FN7O10S2. The number of H-pyrrole nitrogens is 1. The highest BCUT2D eigenvalue weighted by Gasteiger charge is 2.44. The Bertz CT molecular complexity index is 3150. The molecule has 3 aromatic heterocycles. The largest absolute Gasteiger partial charge is 0.484 e. The second kappa shape index (κ2) is 24.7. The van der Waals surface area contributed by atoms with E-state index in [4.69, 9.17) is 15.2 Å². The average molecular weight is 1080 g/mol. The number of aryl methyl sites for hydroxylation is 2. The van der Waals surface area contributed by atoms with Crippen LogP contribution in [0.1, 0.15) is 128 Å². The highest BCUT2D eigenvalue weighted by atomic mass is 32.2. The number of aromatic nitrogens is 4. The number of rotatable bonds is 24. The van der Waals surface area contributed by atoms with Crippen LogP contribution in [0, 0.1) is 24.1 Å². The fourth-order valence-electron chi connectivity index (χ4n) is 9.06. The third-order valence-corrected chi connectivity index (χ3v) is 15.7. The molecule has 0 radical (unpaired) electrons. The normalized spacial score (nSPS) is 15.5. The van der Waals surface area contributed by atoms with E-state index in [0.717, 1.165) is 21.7 Å². The third-order valence-electron chi connectivity index (χ3n) is 13.5. The summed E-state index contributed by atoms with van der Waals surface area (Å²) >= 11 is 1.57. The molecule has 0 aliphatic carbocycles. The van der Waals surface area contributed by atoms with Crippen LogP contribution < -0.4 is 15.2 Å². The van der Waals surface area contributed by atoms with E-state index in [1.54, 1.807) is 42.5 Å². The van der Waals surface area contributed by atoms with Crippen LogP contribution >= 0.6 is 11.3 Å². The van der Waals surface area contributed by atoms with Gasteiger partial charge in [0, 0.05) is 62.0 Å². The predicted octanol–water partition coefficient (Wildman–Crippen LogP) is 8.75. The molecule has 1 saturated heterocycles. The zero-order valence-electron chi connectivity index (χ0n) is 43.4. The Morgan fingerprint density at radius 3 is 2.34 bits per heavy atom. The molecule has 17 nitrogen and oxygen atoms in total. The molecule has 4 heterocycles. The number of halogens is 1. The second-order valence-corrected chi connectivity index (χ2v) is 23.0. The summed E-state index contributed by atoms with van der Waals surface area (Å²) in [6, 6.07) is 20.6. The number of amides is 2. The summed E-state index contributed by atoms with van der Waals surface area (Å²) in [6.45, 7) is 10.9. The number of ketones is 2. The lowest BCUT2D eigenvalue weighted by Gasteiger charge is -2.34. The number of unbranched alkanes of at least 4 members (excludes halogenated alkanes) is 1. The van der Waals surface area contributed by atoms with E-state index in [1.807, 2.05) is 57.5 Å². The number of benzene rings is 3. The van der Waals surface area contributed by atoms with Crippen molar-refractivity contribution < 1.29 is 51.4 Å². The summed E-state index contributed by atoms with van der Waals surface area (Å²) in [5.41, 5.74) is 12.4. The lowest BCUT2D eigenvalue weighted by molar-refractivity contribution is -0.145. The van der Waals surface area contributed by atoms with Crippen molar-refractivity contribution in [3.63, 3.8) is 0 Å². The number of carbonyl (C=O) groups excluding carboxylic acids is 5. The molecule has 1 fully saturated rings. The number of primary amides is 1. The maximum absolute atomic E-state index is 14.2. The maximum atomic E-state index is 14.2. The minimum atomic E-state index is -3.72. The van der Waals surface area contributed by atoms with Crippen molar-refractivity contribution in [3.05, 3.63) is 136 Å². The topological polar surface area (TPSA) is 254 Å². The summed E-state index contributed by atoms with van der Waals surface area (Å²) in [4.78, 5) is 78.4. The van der Waals surface area contributed by atoms with Crippen LogP contribution in [0.5, 0.6) is 5.75 Å². The summed E-state index contributed by atoms with van der Waals surface area (Å²) in [6.07, 6.45) is 1.68. The van der Waals surface area contributed by atoms with Crippen LogP contribution in [0.25, 0.3) is 21.7 Å². The number of anilines is 1. The van der Waals surface area contributed by atoms with Gasteiger partial charge in [-0.2, -0.15) is 5.10 Å². The molecule has 5 N–H and O–H groups in total. The number of thiazole rings is 1. The number of aliphatic hydroxyl groups excluding tert-OH is 1. The molecular weight excluding hydrogens is 1010 g/mol. The molecule has 0 spiro atoms. The number of nitrogens with zero attached hydrogens (tertiary/aromatic N) is 4. The molecule has 3 aromatic carbocycles. The van der Waals surface area contributed by atoms with Gasteiger partial charge in [0.05, 0.1) is 63.1 Å². The van der Waals surface area contributed by atoms with Crippen LogP contribution in [0.4, 0.5) is 10.1 Å². The van der Waals surface area contributed by atoms with Crippen molar-refractivity contribution in [2.45, 2.75) is 111 Å². The Balaban J connectivity index is 0.898. The number of likely N-dealkylation sites (tertiary alicyclic amines) is 1. The zero-order valence-corrected chi connectivity index (χ0v) is 45.1. The number of esters is 1. The Hall–Kier alpha value is -7.16. The first kappa shape index (κ1) is 56.6. The summed E-state index contributed by atoms with van der Waals surface area (Å²) < 4.78 is 53.0. The number of carbonyl (C=O) groups is 5.